The van der Waals surface area contributed by atoms with Crippen LogP contribution in [0.25, 0.3) is 11.0 Å². The molecule has 0 spiro atoms. The molecule has 7 heteroatoms. The Hall–Kier alpha value is -2.51. The Labute approximate surface area is 155 Å². The number of carbonyl (C=O) groups excluding carboxylic acids is 1. The van der Waals surface area contributed by atoms with Crippen molar-refractivity contribution >= 4 is 28.3 Å². The number of nitrogens with one attached hydrogen (secondary N) is 1. The van der Waals surface area contributed by atoms with E-state index in [0.717, 1.165) is 4.88 Å². The molecule has 0 radical (unpaired) electrons. The number of nitrogens with zero attached hydrogens (tertiary/aromatic N) is 2. The zero-order valence-corrected chi connectivity index (χ0v) is 15.3. The van der Waals surface area contributed by atoms with E-state index in [0.29, 0.717) is 29.9 Å². The number of amides is 1. The van der Waals surface area contributed by atoms with Crippen molar-refractivity contribution in [3.63, 3.8) is 0 Å². The van der Waals surface area contributed by atoms with Crippen molar-refractivity contribution in [2.45, 2.75) is 20.1 Å². The van der Waals surface area contributed by atoms with Gasteiger partial charge in [0.15, 0.2) is 0 Å². The van der Waals surface area contributed by atoms with Gasteiger partial charge in [-0.25, -0.2) is 9.37 Å². The number of hydrogen-bond acceptors (Lipinski definition) is 4. The first kappa shape index (κ1) is 18.3. The van der Waals surface area contributed by atoms with Gasteiger partial charge in [0.25, 0.3) is 0 Å². The molecule has 0 atom stereocenters. The number of carbonyl (C=O) groups is 1. The fourth-order valence-corrected chi connectivity index (χ4v) is 3.50. The van der Waals surface area contributed by atoms with E-state index in [1.807, 2.05) is 19.1 Å². The molecule has 1 amide bonds. The van der Waals surface area contributed by atoms with Crippen molar-refractivity contribution in [1.29, 1.82) is 0 Å². The van der Waals surface area contributed by atoms with Gasteiger partial charge in [0, 0.05) is 16.3 Å². The highest BCUT2D eigenvalue weighted by atomic mass is 32.1. The van der Waals surface area contributed by atoms with Crippen LogP contribution in [-0.2, 0) is 22.7 Å². The number of benzene rings is 1. The lowest BCUT2D eigenvalue weighted by atomic mass is 10.3. The van der Waals surface area contributed by atoms with Gasteiger partial charge in [-0.15, -0.1) is 17.9 Å². The maximum absolute atomic E-state index is 13.2. The third-order valence-corrected chi connectivity index (χ3v) is 4.79. The number of halogens is 1. The summed E-state index contributed by atoms with van der Waals surface area (Å²) in [6, 6.07) is 8.41. The Kier molecular flexibility index (Phi) is 5.80. The topological polar surface area (TPSA) is 58.2 Å². The van der Waals surface area contributed by atoms with Crippen LogP contribution in [0, 0.1) is 12.7 Å². The number of aryl methyl sites for hydroxylation is 1. The number of imidazole rings is 1. The highest BCUT2D eigenvalue weighted by Crippen LogP contribution is 2.17. The number of H-pyrrole nitrogens is 1. The summed E-state index contributed by atoms with van der Waals surface area (Å²) < 4.78 is 18.7. The zero-order chi connectivity index (χ0) is 18.5. The Morgan fingerprint density at radius 1 is 1.42 bits per heavy atom. The van der Waals surface area contributed by atoms with Gasteiger partial charge >= 0.3 is 0 Å². The monoisotopic (exact) mass is 373 g/mol. The lowest BCUT2D eigenvalue weighted by Crippen LogP contribution is -2.33. The fraction of sp³-hybridized carbons (Fsp3) is 0.263. The highest BCUT2D eigenvalue weighted by Gasteiger charge is 2.14. The first-order valence-electron chi connectivity index (χ1n) is 8.21. The summed E-state index contributed by atoms with van der Waals surface area (Å²) in [5, 5.41) is 0. The molecule has 0 bridgehead atoms. The molecule has 0 unspecified atom stereocenters. The largest absolute Gasteiger partial charge is 0.364 e. The van der Waals surface area contributed by atoms with E-state index in [1.54, 1.807) is 28.4 Å². The molecule has 0 aliphatic rings. The van der Waals surface area contributed by atoms with Crippen molar-refractivity contribution in [2.75, 3.05) is 13.2 Å². The van der Waals surface area contributed by atoms with Crippen LogP contribution in [0.15, 0.2) is 43.0 Å². The first-order valence-corrected chi connectivity index (χ1v) is 9.02. The predicted molar refractivity (Wildman–Crippen MR) is 100 cm³/mol. The molecule has 0 saturated heterocycles. The van der Waals surface area contributed by atoms with E-state index in [2.05, 4.69) is 16.5 Å². The van der Waals surface area contributed by atoms with Crippen LogP contribution >= 0.6 is 11.3 Å². The maximum atomic E-state index is 13.2. The molecule has 136 valence electrons. The van der Waals surface area contributed by atoms with E-state index < -0.39 is 0 Å². The third-order valence-electron chi connectivity index (χ3n) is 3.80. The van der Waals surface area contributed by atoms with Crippen LogP contribution in [0.4, 0.5) is 4.39 Å². The molecule has 1 aromatic carbocycles. The smallest absolute Gasteiger partial charge is 0.249 e. The highest BCUT2D eigenvalue weighted by molar-refractivity contribution is 7.11. The van der Waals surface area contributed by atoms with Gasteiger partial charge in [0.2, 0.25) is 5.91 Å². The molecular formula is C19H20FN3O2S. The maximum Gasteiger partial charge on any atom is 0.249 e. The van der Waals surface area contributed by atoms with Crippen LogP contribution in [0.2, 0.25) is 0 Å². The van der Waals surface area contributed by atoms with Gasteiger partial charge in [-0.05, 0) is 37.3 Å². The van der Waals surface area contributed by atoms with E-state index in [4.69, 9.17) is 4.74 Å². The Balaban J connectivity index is 1.55. The van der Waals surface area contributed by atoms with E-state index in [9.17, 15) is 9.18 Å². The van der Waals surface area contributed by atoms with Crippen LogP contribution in [0.1, 0.15) is 15.6 Å². The average Bonchev–Trinajstić information content (AvgIpc) is 3.19. The number of ether oxygens (including phenoxy) is 1. The Bertz CT molecular complexity index is 919. The molecule has 0 fully saturated rings. The van der Waals surface area contributed by atoms with Gasteiger partial charge in [0.1, 0.15) is 24.9 Å². The van der Waals surface area contributed by atoms with E-state index in [1.165, 1.54) is 17.0 Å². The van der Waals surface area contributed by atoms with E-state index in [-0.39, 0.29) is 24.9 Å². The average molecular weight is 373 g/mol. The zero-order valence-electron chi connectivity index (χ0n) is 14.5. The number of aromatic nitrogens is 2. The summed E-state index contributed by atoms with van der Waals surface area (Å²) in [5.74, 6) is 0.119. The Morgan fingerprint density at radius 2 is 2.27 bits per heavy atom. The fourth-order valence-electron chi connectivity index (χ4n) is 2.60. The van der Waals surface area contributed by atoms with Gasteiger partial charge in [0.05, 0.1) is 17.6 Å². The molecule has 0 saturated carbocycles. The second-order valence-corrected chi connectivity index (χ2v) is 7.29. The molecule has 2 aromatic heterocycles. The van der Waals surface area contributed by atoms with Crippen molar-refractivity contribution in [3.8, 4) is 0 Å². The van der Waals surface area contributed by atoms with Gasteiger partial charge < -0.3 is 14.6 Å². The quantitative estimate of drug-likeness (QED) is 0.611. The summed E-state index contributed by atoms with van der Waals surface area (Å²) in [4.78, 5) is 23.8. The molecule has 3 rings (SSSR count). The standard InChI is InChI=1S/C19H20FN3O2S/c1-3-8-23(10-15-6-4-13(2)26-15)19(24)12-25-11-18-21-16-7-5-14(20)9-17(16)22-18/h3-7,9H,1,8,10-12H2,2H3,(H,21,22). The second kappa shape index (κ2) is 8.25. The minimum absolute atomic E-state index is 0.0520. The number of fused-ring (bicyclic) bond motifs is 1. The molecule has 26 heavy (non-hydrogen) atoms. The summed E-state index contributed by atoms with van der Waals surface area (Å²) in [6.45, 7) is 6.85. The first-order chi connectivity index (χ1) is 12.5. The molecule has 2 heterocycles. The summed E-state index contributed by atoms with van der Waals surface area (Å²) in [6.07, 6.45) is 1.70. The van der Waals surface area contributed by atoms with Crippen LogP contribution in [-0.4, -0.2) is 33.9 Å². The lowest BCUT2D eigenvalue weighted by molar-refractivity contribution is -0.136. The summed E-state index contributed by atoms with van der Waals surface area (Å²) in [5.41, 5.74) is 1.27. The molecule has 0 aliphatic heterocycles. The van der Waals surface area contributed by atoms with Crippen LogP contribution in [0.3, 0.4) is 0 Å². The minimum atomic E-state index is -0.326. The number of aromatic amines is 1. The van der Waals surface area contributed by atoms with Gasteiger partial charge in [-0.1, -0.05) is 6.08 Å². The lowest BCUT2D eigenvalue weighted by Gasteiger charge is -2.20. The summed E-state index contributed by atoms with van der Waals surface area (Å²) >= 11 is 1.67. The number of rotatable bonds is 8. The SMILES string of the molecule is C=CCN(Cc1ccc(C)s1)C(=O)COCc1nc2ccc(F)cc2[nH]1. The van der Waals surface area contributed by atoms with Crippen molar-refractivity contribution in [2.24, 2.45) is 0 Å². The predicted octanol–water partition coefficient (Wildman–Crippen LogP) is 3.80. The number of hydrogen-bond donors (Lipinski definition) is 1. The Morgan fingerprint density at radius 3 is 3.00 bits per heavy atom. The van der Waals surface area contributed by atoms with Crippen molar-refractivity contribution in [1.82, 2.24) is 14.9 Å². The minimum Gasteiger partial charge on any atom is -0.364 e. The molecule has 1 N–H and O–H groups in total. The van der Waals surface area contributed by atoms with Crippen LogP contribution < -0.4 is 0 Å². The molecular weight excluding hydrogens is 353 g/mol. The normalized spacial score (nSPS) is 11.0. The molecule has 3 aromatic rings. The summed E-state index contributed by atoms with van der Waals surface area (Å²) in [7, 11) is 0. The van der Waals surface area contributed by atoms with Crippen molar-refractivity contribution < 1.29 is 13.9 Å². The van der Waals surface area contributed by atoms with E-state index >= 15 is 0 Å². The van der Waals surface area contributed by atoms with Crippen molar-refractivity contribution in [3.05, 3.63) is 64.4 Å². The number of thiophene rings is 1. The van der Waals surface area contributed by atoms with Crippen LogP contribution in [0.5, 0.6) is 0 Å². The molecule has 5 nitrogen and oxygen atoms in total. The van der Waals surface area contributed by atoms with Gasteiger partial charge in [-0.2, -0.15) is 0 Å². The van der Waals surface area contributed by atoms with Gasteiger partial charge in [-0.3, -0.25) is 4.79 Å². The third kappa shape index (κ3) is 4.56. The molecule has 0 aliphatic carbocycles. The second-order valence-electron chi connectivity index (χ2n) is 5.91.